The van der Waals surface area contributed by atoms with Crippen LogP contribution in [0.5, 0.6) is 5.75 Å². The van der Waals surface area contributed by atoms with E-state index in [1.807, 2.05) is 59.7 Å². The molecule has 234 valence electrons. The van der Waals surface area contributed by atoms with Crippen LogP contribution in [0.25, 0.3) is 11.0 Å². The van der Waals surface area contributed by atoms with Crippen molar-refractivity contribution >= 4 is 28.9 Å². The van der Waals surface area contributed by atoms with Gasteiger partial charge in [-0.3, -0.25) is 14.5 Å². The first-order valence-corrected chi connectivity index (χ1v) is 14.8. The number of fused-ring (bicyclic) bond motifs is 2. The predicted molar refractivity (Wildman–Crippen MR) is 162 cm³/mol. The number of carbonyl (C=O) groups is 3. The first kappa shape index (κ1) is 33.5. The second-order valence-electron chi connectivity index (χ2n) is 10.6. The molecule has 11 heteroatoms. The van der Waals surface area contributed by atoms with E-state index in [1.165, 1.54) is 4.90 Å². The van der Waals surface area contributed by atoms with Crippen molar-refractivity contribution in [2.75, 3.05) is 40.1 Å². The van der Waals surface area contributed by atoms with Crippen molar-refractivity contribution in [2.24, 2.45) is 0 Å². The van der Waals surface area contributed by atoms with Crippen LogP contribution in [0, 0.1) is 0 Å². The summed E-state index contributed by atoms with van der Waals surface area (Å²) in [7, 11) is 1.62. The zero-order valence-corrected chi connectivity index (χ0v) is 26.4. The van der Waals surface area contributed by atoms with Crippen LogP contribution in [0.2, 0.25) is 0 Å². The molecular formula is C32H45N4O7+. The molecule has 0 aliphatic carbocycles. The van der Waals surface area contributed by atoms with Crippen molar-refractivity contribution in [3.8, 4) is 5.75 Å². The van der Waals surface area contributed by atoms with Gasteiger partial charge in [-0.1, -0.05) is 26.0 Å². The molecule has 2 aromatic carbocycles. The molecule has 0 spiro atoms. The number of alkyl carbamates (subject to hydrolysis) is 1. The molecule has 0 atom stereocenters. The summed E-state index contributed by atoms with van der Waals surface area (Å²) in [4.78, 5) is 39.3. The number of carbonyl (C=O) groups excluding carboxylic acids is 3. The Bertz CT molecular complexity index is 1380. The molecule has 0 fully saturated rings. The lowest BCUT2D eigenvalue weighted by atomic mass is 10.1. The average Bonchev–Trinajstić information content (AvgIpc) is 3.42. The summed E-state index contributed by atoms with van der Waals surface area (Å²) < 4.78 is 26.3. The van der Waals surface area contributed by atoms with Gasteiger partial charge in [-0.25, -0.2) is 13.9 Å². The summed E-state index contributed by atoms with van der Waals surface area (Å²) in [5.74, 6) is 0.939. The van der Waals surface area contributed by atoms with E-state index in [1.54, 1.807) is 31.4 Å². The highest BCUT2D eigenvalue weighted by atomic mass is 16.6. The molecule has 0 saturated heterocycles. The molecule has 0 saturated carbocycles. The highest BCUT2D eigenvalue weighted by Gasteiger charge is 2.38. The van der Waals surface area contributed by atoms with Crippen LogP contribution in [-0.2, 0) is 33.8 Å². The molecule has 0 unspecified atom stereocenters. The number of benzene rings is 2. The molecule has 1 aromatic heterocycles. The van der Waals surface area contributed by atoms with Crippen LogP contribution in [0.3, 0.4) is 0 Å². The number of aryl methyl sites for hydroxylation is 1. The fourth-order valence-electron chi connectivity index (χ4n) is 4.81. The number of rotatable bonds is 13. The Labute approximate surface area is 253 Å². The van der Waals surface area contributed by atoms with E-state index in [0.29, 0.717) is 62.9 Å². The largest absolute Gasteiger partial charge is 0.497 e. The third-order valence-electron chi connectivity index (χ3n) is 6.63. The zero-order valence-electron chi connectivity index (χ0n) is 26.4. The molecule has 43 heavy (non-hydrogen) atoms. The van der Waals surface area contributed by atoms with Crippen LogP contribution in [0.1, 0.15) is 68.1 Å². The number of methoxy groups -OCH3 is 1. The van der Waals surface area contributed by atoms with Crippen molar-refractivity contribution in [2.45, 2.75) is 66.8 Å². The Morgan fingerprint density at radius 3 is 2.14 bits per heavy atom. The summed E-state index contributed by atoms with van der Waals surface area (Å²) in [5.41, 5.74) is 2.20. The van der Waals surface area contributed by atoms with Crippen LogP contribution in [0.15, 0.2) is 42.5 Å². The standard InChI is InChI=1S/C30H38N4O7.C2H6/c1-6-32-24-12-11-21(38-5)19-25(24)33(14-16-40-18-17-39-15-13-31-29(37)41-30(2,3)4)26(32)20-34-27(35)22-9-7-8-10-23(22)28(34)36;1-2/h7-12,19H,6,13-18,20H2,1-5H3;1-2H3/p+1. The molecule has 11 nitrogen and oxygen atoms in total. The first-order chi connectivity index (χ1) is 20.6. The number of aromatic nitrogens is 2. The third kappa shape index (κ3) is 8.32. The van der Waals surface area contributed by atoms with Crippen molar-refractivity contribution < 1.29 is 37.9 Å². The summed E-state index contributed by atoms with van der Waals surface area (Å²) in [6.07, 6.45) is -0.478. The van der Waals surface area contributed by atoms with Gasteiger partial charge in [0.15, 0.2) is 11.0 Å². The van der Waals surface area contributed by atoms with Gasteiger partial charge in [-0.05, 0) is 52.0 Å². The Hall–Kier alpha value is -3.96. The summed E-state index contributed by atoms with van der Waals surface area (Å²) >= 11 is 0. The minimum Gasteiger partial charge on any atom is -0.497 e. The zero-order chi connectivity index (χ0) is 31.6. The van der Waals surface area contributed by atoms with Gasteiger partial charge in [0, 0.05) is 12.6 Å². The maximum atomic E-state index is 13.1. The van der Waals surface area contributed by atoms with E-state index in [0.717, 1.165) is 16.9 Å². The Balaban J connectivity index is 0.00000248. The number of amides is 3. The Morgan fingerprint density at radius 2 is 1.56 bits per heavy atom. The number of hydrogen-bond acceptors (Lipinski definition) is 7. The second kappa shape index (κ2) is 15.5. The molecule has 0 radical (unpaired) electrons. The molecule has 1 N–H and O–H groups in total. The Morgan fingerprint density at radius 1 is 0.930 bits per heavy atom. The maximum Gasteiger partial charge on any atom is 0.407 e. The molecule has 2 heterocycles. The van der Waals surface area contributed by atoms with Crippen molar-refractivity contribution in [1.29, 1.82) is 0 Å². The monoisotopic (exact) mass is 597 g/mol. The molecular weight excluding hydrogens is 552 g/mol. The fraction of sp³-hybridized carbons (Fsp3) is 0.500. The lowest BCUT2D eigenvalue weighted by Crippen LogP contribution is -2.42. The minimum absolute atomic E-state index is 0.130. The number of imidazole rings is 1. The number of imide groups is 1. The molecule has 3 aromatic rings. The van der Waals surface area contributed by atoms with Crippen molar-refractivity contribution in [3.63, 3.8) is 0 Å². The van der Waals surface area contributed by atoms with Gasteiger partial charge in [-0.15, -0.1) is 0 Å². The summed E-state index contributed by atoms with van der Waals surface area (Å²) in [6, 6.07) is 12.7. The van der Waals surface area contributed by atoms with E-state index in [-0.39, 0.29) is 18.4 Å². The van der Waals surface area contributed by atoms with Crippen LogP contribution < -0.4 is 14.6 Å². The van der Waals surface area contributed by atoms with Gasteiger partial charge in [0.1, 0.15) is 24.4 Å². The molecule has 4 rings (SSSR count). The van der Waals surface area contributed by atoms with E-state index < -0.39 is 11.7 Å². The normalized spacial score (nSPS) is 12.7. The average molecular weight is 598 g/mol. The van der Waals surface area contributed by atoms with Crippen LogP contribution in [-0.4, -0.2) is 73.1 Å². The lowest BCUT2D eigenvalue weighted by Gasteiger charge is -2.19. The maximum absolute atomic E-state index is 13.1. The highest BCUT2D eigenvalue weighted by Crippen LogP contribution is 2.26. The Kier molecular flexibility index (Phi) is 12.1. The van der Waals surface area contributed by atoms with E-state index in [2.05, 4.69) is 14.5 Å². The van der Waals surface area contributed by atoms with Gasteiger partial charge < -0.3 is 24.3 Å². The van der Waals surface area contributed by atoms with Gasteiger partial charge in [-0.2, -0.15) is 0 Å². The van der Waals surface area contributed by atoms with Crippen LogP contribution >= 0.6 is 0 Å². The predicted octanol–water partition coefficient (Wildman–Crippen LogP) is 4.34. The third-order valence-corrected chi connectivity index (χ3v) is 6.63. The quantitative estimate of drug-likeness (QED) is 0.177. The SMILES string of the molecule is CC.CC[n+]1c(CN2C(=O)c3ccccc3C2=O)n(CCOCCOCCNC(=O)OC(C)(C)C)c2cc(OC)ccc21. The van der Waals surface area contributed by atoms with Gasteiger partial charge >= 0.3 is 6.09 Å². The molecule has 3 amide bonds. The molecule has 0 bridgehead atoms. The number of ether oxygens (including phenoxy) is 4. The number of nitrogens with zero attached hydrogens (tertiary/aromatic N) is 3. The number of hydrogen-bond donors (Lipinski definition) is 1. The molecule has 1 aliphatic rings. The molecule has 1 aliphatic heterocycles. The fourth-order valence-corrected chi connectivity index (χ4v) is 4.81. The lowest BCUT2D eigenvalue weighted by molar-refractivity contribution is -0.677. The van der Waals surface area contributed by atoms with Crippen molar-refractivity contribution in [3.05, 3.63) is 59.4 Å². The highest BCUT2D eigenvalue weighted by molar-refractivity contribution is 6.21. The van der Waals surface area contributed by atoms with Gasteiger partial charge in [0.25, 0.3) is 17.6 Å². The summed E-state index contributed by atoms with van der Waals surface area (Å²) in [6.45, 7) is 14.5. The van der Waals surface area contributed by atoms with Crippen LogP contribution in [0.4, 0.5) is 4.79 Å². The van der Waals surface area contributed by atoms with E-state index in [9.17, 15) is 14.4 Å². The van der Waals surface area contributed by atoms with Crippen molar-refractivity contribution in [1.82, 2.24) is 14.8 Å². The van der Waals surface area contributed by atoms with E-state index in [4.69, 9.17) is 18.9 Å². The first-order valence-electron chi connectivity index (χ1n) is 14.8. The topological polar surface area (TPSA) is 112 Å². The smallest absolute Gasteiger partial charge is 0.407 e. The van der Waals surface area contributed by atoms with E-state index >= 15 is 0 Å². The summed E-state index contributed by atoms with van der Waals surface area (Å²) in [5, 5.41) is 2.65. The number of nitrogens with one attached hydrogen (secondary N) is 1. The minimum atomic E-state index is -0.546. The van der Waals surface area contributed by atoms with Gasteiger partial charge in [0.05, 0.1) is 51.2 Å². The second-order valence-corrected chi connectivity index (χ2v) is 10.6. The van der Waals surface area contributed by atoms with Gasteiger partial charge in [0.2, 0.25) is 0 Å².